The lowest BCUT2D eigenvalue weighted by atomic mass is 10.1. The smallest absolute Gasteiger partial charge is 0.244 e. The van der Waals surface area contributed by atoms with Gasteiger partial charge in [-0.2, -0.15) is 4.31 Å². The van der Waals surface area contributed by atoms with Gasteiger partial charge in [-0.3, -0.25) is 9.20 Å². The molecule has 1 N–H and O–H groups in total. The predicted molar refractivity (Wildman–Crippen MR) is 106 cm³/mol. The molecule has 10 heteroatoms. The van der Waals surface area contributed by atoms with Crippen LogP contribution in [0.25, 0.3) is 5.65 Å². The molecule has 0 aromatic carbocycles. The molecule has 2 aromatic rings. The molecular weight excluding hydrogens is 386 g/mol. The zero-order valence-corrected chi connectivity index (χ0v) is 18.2. The van der Waals surface area contributed by atoms with Gasteiger partial charge < -0.3 is 5.32 Å². The molecule has 1 amide bonds. The van der Waals surface area contributed by atoms with Crippen molar-refractivity contribution in [2.75, 3.05) is 13.1 Å². The zero-order chi connectivity index (χ0) is 20.4. The maximum atomic E-state index is 12.8. The summed E-state index contributed by atoms with van der Waals surface area (Å²) in [5.74, 6) is -0.115. The quantitative estimate of drug-likeness (QED) is 0.699. The molecular formula is C17H27N5O3S2. The lowest BCUT2D eigenvalue weighted by Crippen LogP contribution is -2.44. The molecule has 2 heterocycles. The van der Waals surface area contributed by atoms with Crippen LogP contribution in [-0.4, -0.2) is 57.1 Å². The number of rotatable bonds is 7. The Morgan fingerprint density at radius 1 is 1.26 bits per heavy atom. The number of aromatic nitrogens is 3. The molecule has 1 atom stereocenters. The number of carbonyl (C=O) groups is 1. The summed E-state index contributed by atoms with van der Waals surface area (Å²) in [5, 5.41) is 11.2. The Bertz CT molecular complexity index is 914. The first-order valence-corrected chi connectivity index (χ1v) is 11.1. The van der Waals surface area contributed by atoms with Crippen molar-refractivity contribution in [1.29, 1.82) is 0 Å². The van der Waals surface area contributed by atoms with Crippen LogP contribution < -0.4 is 5.32 Å². The third kappa shape index (κ3) is 4.99. The molecule has 2 aromatic heterocycles. The molecule has 0 aliphatic rings. The van der Waals surface area contributed by atoms with E-state index in [1.165, 1.54) is 28.3 Å². The summed E-state index contributed by atoms with van der Waals surface area (Å²) < 4.78 is 28.5. The molecule has 0 bridgehead atoms. The summed E-state index contributed by atoms with van der Waals surface area (Å²) >= 11 is 1.24. The normalized spacial score (nSPS) is 13.9. The lowest BCUT2D eigenvalue weighted by Gasteiger charge is -2.22. The van der Waals surface area contributed by atoms with Crippen LogP contribution >= 0.6 is 11.8 Å². The van der Waals surface area contributed by atoms with Crippen LogP contribution in [-0.2, 0) is 14.8 Å². The van der Waals surface area contributed by atoms with E-state index in [4.69, 9.17) is 0 Å². The van der Waals surface area contributed by atoms with Gasteiger partial charge >= 0.3 is 0 Å². The molecule has 0 saturated carbocycles. The average Bonchev–Trinajstić information content (AvgIpc) is 2.96. The van der Waals surface area contributed by atoms with Crippen molar-refractivity contribution in [1.82, 2.24) is 24.2 Å². The lowest BCUT2D eigenvalue weighted by molar-refractivity contribution is -0.121. The van der Waals surface area contributed by atoms with Crippen molar-refractivity contribution in [2.24, 2.45) is 0 Å². The number of sulfonamides is 1. The maximum Gasteiger partial charge on any atom is 0.244 e. The second-order valence-electron chi connectivity index (χ2n) is 7.16. The molecule has 0 spiro atoms. The molecule has 150 valence electrons. The molecule has 1 unspecified atom stereocenters. The fraction of sp³-hybridized carbons (Fsp3) is 0.588. The Morgan fingerprint density at radius 3 is 2.44 bits per heavy atom. The van der Waals surface area contributed by atoms with Gasteiger partial charge in [0.15, 0.2) is 10.8 Å². The Labute approximate surface area is 164 Å². The van der Waals surface area contributed by atoms with Gasteiger partial charge in [0.05, 0.1) is 10.1 Å². The highest BCUT2D eigenvalue weighted by Crippen LogP contribution is 2.24. The summed E-state index contributed by atoms with van der Waals surface area (Å²) in [6, 6.07) is 3.15. The van der Waals surface area contributed by atoms with E-state index in [9.17, 15) is 13.2 Å². The van der Waals surface area contributed by atoms with Crippen LogP contribution in [0.4, 0.5) is 0 Å². The van der Waals surface area contributed by atoms with Crippen LogP contribution in [0.15, 0.2) is 28.4 Å². The highest BCUT2D eigenvalue weighted by atomic mass is 32.2. The monoisotopic (exact) mass is 413 g/mol. The summed E-state index contributed by atoms with van der Waals surface area (Å²) in [6.45, 7) is 11.9. The second-order valence-corrected chi connectivity index (χ2v) is 10.4. The fourth-order valence-corrected chi connectivity index (χ4v) is 4.77. The fourth-order valence-electron chi connectivity index (χ4n) is 2.48. The number of nitrogens with one attached hydrogen (secondary N) is 1. The molecule has 0 aliphatic carbocycles. The predicted octanol–water partition coefficient (Wildman–Crippen LogP) is 2.16. The number of amides is 1. The van der Waals surface area contributed by atoms with Gasteiger partial charge in [-0.1, -0.05) is 25.6 Å². The average molecular weight is 414 g/mol. The van der Waals surface area contributed by atoms with Crippen molar-refractivity contribution in [3.63, 3.8) is 0 Å². The van der Waals surface area contributed by atoms with E-state index < -0.39 is 15.3 Å². The molecule has 0 fully saturated rings. The molecule has 0 aliphatic heterocycles. The summed E-state index contributed by atoms with van der Waals surface area (Å²) in [5.41, 5.74) is 0.198. The minimum Gasteiger partial charge on any atom is -0.351 e. The summed E-state index contributed by atoms with van der Waals surface area (Å²) in [6.07, 6.45) is 1.51. The Hall–Kier alpha value is -1.65. The second kappa shape index (κ2) is 8.15. The van der Waals surface area contributed by atoms with E-state index in [1.807, 2.05) is 20.8 Å². The third-order valence-electron chi connectivity index (χ3n) is 3.84. The van der Waals surface area contributed by atoms with E-state index in [0.29, 0.717) is 23.9 Å². The van der Waals surface area contributed by atoms with Gasteiger partial charge in [-0.15, -0.1) is 10.2 Å². The zero-order valence-electron chi connectivity index (χ0n) is 16.6. The molecule has 0 radical (unpaired) electrons. The number of thioether (sulfide) groups is 1. The van der Waals surface area contributed by atoms with E-state index >= 15 is 0 Å². The van der Waals surface area contributed by atoms with Gasteiger partial charge in [0.1, 0.15) is 0 Å². The van der Waals surface area contributed by atoms with Crippen molar-refractivity contribution in [3.05, 3.63) is 18.3 Å². The number of nitrogens with zero attached hydrogens (tertiary/aromatic N) is 4. The molecule has 8 nitrogen and oxygen atoms in total. The SMILES string of the molecule is CCN(CC)S(=O)(=O)c1ccc2nnc(SC(C)C(=O)NC(C)(C)C)n2c1. The molecule has 27 heavy (non-hydrogen) atoms. The van der Waals surface area contributed by atoms with Crippen LogP contribution in [0.5, 0.6) is 0 Å². The third-order valence-corrected chi connectivity index (χ3v) is 6.93. The Balaban J connectivity index is 2.34. The van der Waals surface area contributed by atoms with Crippen LogP contribution in [0.2, 0.25) is 0 Å². The van der Waals surface area contributed by atoms with Crippen LogP contribution in [0, 0.1) is 0 Å². The number of hydrogen-bond donors (Lipinski definition) is 1. The largest absolute Gasteiger partial charge is 0.351 e. The summed E-state index contributed by atoms with van der Waals surface area (Å²) in [4.78, 5) is 12.5. The maximum absolute atomic E-state index is 12.8. The standard InChI is InChI=1S/C17H27N5O3S2/c1-7-21(8-2)27(24,25)13-9-10-14-19-20-16(22(14)11-13)26-12(3)15(23)18-17(4,5)6/h9-12H,7-8H2,1-6H3,(H,18,23). The first kappa shape index (κ1) is 21.6. The van der Waals surface area contributed by atoms with E-state index in [0.717, 1.165) is 0 Å². The van der Waals surface area contributed by atoms with Crippen molar-refractivity contribution in [3.8, 4) is 0 Å². The Kier molecular flexibility index (Phi) is 6.54. The van der Waals surface area contributed by atoms with E-state index in [1.54, 1.807) is 31.2 Å². The number of pyridine rings is 1. The minimum absolute atomic E-state index is 0.115. The minimum atomic E-state index is -3.59. The van der Waals surface area contributed by atoms with E-state index in [2.05, 4.69) is 15.5 Å². The van der Waals surface area contributed by atoms with Crippen molar-refractivity contribution >= 4 is 33.3 Å². The number of fused-ring (bicyclic) bond motifs is 1. The van der Waals surface area contributed by atoms with Gasteiger partial charge in [-0.05, 0) is 39.8 Å². The first-order chi connectivity index (χ1) is 12.5. The van der Waals surface area contributed by atoms with Crippen molar-refractivity contribution in [2.45, 2.75) is 62.4 Å². The highest BCUT2D eigenvalue weighted by molar-refractivity contribution is 8.00. The van der Waals surface area contributed by atoms with Crippen LogP contribution in [0.1, 0.15) is 41.5 Å². The van der Waals surface area contributed by atoms with Gasteiger partial charge in [-0.25, -0.2) is 8.42 Å². The van der Waals surface area contributed by atoms with Gasteiger partial charge in [0, 0.05) is 24.8 Å². The van der Waals surface area contributed by atoms with Gasteiger partial charge in [0.2, 0.25) is 15.9 Å². The molecule has 2 rings (SSSR count). The number of hydrogen-bond acceptors (Lipinski definition) is 6. The Morgan fingerprint density at radius 2 is 1.89 bits per heavy atom. The topological polar surface area (TPSA) is 96.7 Å². The number of carbonyl (C=O) groups excluding carboxylic acids is 1. The van der Waals surface area contributed by atoms with E-state index in [-0.39, 0.29) is 16.3 Å². The van der Waals surface area contributed by atoms with Crippen molar-refractivity contribution < 1.29 is 13.2 Å². The highest BCUT2D eigenvalue weighted by Gasteiger charge is 2.25. The van der Waals surface area contributed by atoms with Gasteiger partial charge in [0.25, 0.3) is 0 Å². The van der Waals surface area contributed by atoms with Crippen LogP contribution in [0.3, 0.4) is 0 Å². The summed E-state index contributed by atoms with van der Waals surface area (Å²) in [7, 11) is -3.59. The molecule has 0 saturated heterocycles. The first-order valence-electron chi connectivity index (χ1n) is 8.83.